The standard InChI is InChI=1S/C14H15N3OS/c15-9-4-5-13(16-8-9)17-14(18)11-2-1-3-12-10(11)6-7-19-12/h4-8,11H,1-3,15H2,(H,16,17,18). The van der Waals surface area contributed by atoms with Gasteiger partial charge in [0, 0.05) is 4.88 Å². The Morgan fingerprint density at radius 1 is 1.42 bits per heavy atom. The van der Waals surface area contributed by atoms with Crippen molar-refractivity contribution in [3.63, 3.8) is 0 Å². The molecule has 1 aliphatic rings. The van der Waals surface area contributed by atoms with Crippen LogP contribution in [0.1, 0.15) is 29.2 Å². The quantitative estimate of drug-likeness (QED) is 0.884. The molecule has 0 saturated carbocycles. The second kappa shape index (κ2) is 5.01. The van der Waals surface area contributed by atoms with E-state index in [0.29, 0.717) is 11.5 Å². The van der Waals surface area contributed by atoms with Gasteiger partial charge in [0.25, 0.3) is 0 Å². The fourth-order valence-corrected chi connectivity index (χ4v) is 3.44. The van der Waals surface area contributed by atoms with Crippen molar-refractivity contribution in [2.75, 3.05) is 11.1 Å². The number of pyridine rings is 1. The van der Waals surface area contributed by atoms with Crippen LogP contribution in [0.5, 0.6) is 0 Å². The lowest BCUT2D eigenvalue weighted by Gasteiger charge is -2.21. The molecule has 19 heavy (non-hydrogen) atoms. The van der Waals surface area contributed by atoms with E-state index in [-0.39, 0.29) is 11.8 Å². The molecule has 1 unspecified atom stereocenters. The molecule has 0 bridgehead atoms. The number of nitrogens with zero attached hydrogens (tertiary/aromatic N) is 1. The van der Waals surface area contributed by atoms with E-state index in [1.165, 1.54) is 10.4 Å². The summed E-state index contributed by atoms with van der Waals surface area (Å²) < 4.78 is 0. The third kappa shape index (κ3) is 2.46. The summed E-state index contributed by atoms with van der Waals surface area (Å²) in [6.45, 7) is 0. The summed E-state index contributed by atoms with van der Waals surface area (Å²) in [5.74, 6) is 0.535. The van der Waals surface area contributed by atoms with Crippen molar-refractivity contribution < 1.29 is 4.79 Å². The van der Waals surface area contributed by atoms with Crippen LogP contribution >= 0.6 is 11.3 Å². The van der Waals surface area contributed by atoms with E-state index >= 15 is 0 Å². The molecule has 0 fully saturated rings. The Hall–Kier alpha value is -1.88. The number of nitrogen functional groups attached to an aromatic ring is 1. The molecule has 1 amide bonds. The summed E-state index contributed by atoms with van der Waals surface area (Å²) in [4.78, 5) is 17.8. The fourth-order valence-electron chi connectivity index (χ4n) is 2.45. The number of aryl methyl sites for hydroxylation is 1. The lowest BCUT2D eigenvalue weighted by Crippen LogP contribution is -2.24. The van der Waals surface area contributed by atoms with E-state index in [9.17, 15) is 4.79 Å². The van der Waals surface area contributed by atoms with E-state index in [1.54, 1.807) is 29.7 Å². The van der Waals surface area contributed by atoms with Crippen LogP contribution in [0.4, 0.5) is 11.5 Å². The highest BCUT2D eigenvalue weighted by Gasteiger charge is 2.27. The Kier molecular flexibility index (Phi) is 3.21. The monoisotopic (exact) mass is 273 g/mol. The lowest BCUT2D eigenvalue weighted by molar-refractivity contribution is -0.117. The van der Waals surface area contributed by atoms with Gasteiger partial charge in [0.05, 0.1) is 17.8 Å². The smallest absolute Gasteiger partial charge is 0.233 e. The van der Waals surface area contributed by atoms with Crippen molar-refractivity contribution in [1.29, 1.82) is 0 Å². The number of hydrogen-bond acceptors (Lipinski definition) is 4. The van der Waals surface area contributed by atoms with Crippen LogP contribution in [-0.2, 0) is 11.2 Å². The largest absolute Gasteiger partial charge is 0.397 e. The topological polar surface area (TPSA) is 68.0 Å². The van der Waals surface area contributed by atoms with Gasteiger partial charge >= 0.3 is 0 Å². The maximum absolute atomic E-state index is 12.3. The summed E-state index contributed by atoms with van der Waals surface area (Å²) in [6.07, 6.45) is 4.62. The van der Waals surface area contributed by atoms with E-state index in [2.05, 4.69) is 21.7 Å². The van der Waals surface area contributed by atoms with E-state index in [1.807, 2.05) is 0 Å². The second-order valence-corrected chi connectivity index (χ2v) is 5.71. The lowest BCUT2D eigenvalue weighted by atomic mass is 9.87. The van der Waals surface area contributed by atoms with Crippen molar-refractivity contribution in [2.24, 2.45) is 0 Å². The van der Waals surface area contributed by atoms with Crippen LogP contribution in [0.15, 0.2) is 29.8 Å². The van der Waals surface area contributed by atoms with Crippen molar-refractivity contribution in [2.45, 2.75) is 25.2 Å². The minimum absolute atomic E-state index is 0.0246. The Morgan fingerprint density at radius 2 is 2.32 bits per heavy atom. The number of fused-ring (bicyclic) bond motifs is 1. The fraction of sp³-hybridized carbons (Fsp3) is 0.286. The highest BCUT2D eigenvalue weighted by molar-refractivity contribution is 7.10. The first kappa shape index (κ1) is 12.2. The maximum Gasteiger partial charge on any atom is 0.233 e. The highest BCUT2D eigenvalue weighted by Crippen LogP contribution is 2.35. The van der Waals surface area contributed by atoms with Gasteiger partial charge in [0.15, 0.2) is 0 Å². The average molecular weight is 273 g/mol. The molecule has 3 rings (SSSR count). The number of amides is 1. The predicted octanol–water partition coefficient (Wildman–Crippen LogP) is 2.78. The summed E-state index contributed by atoms with van der Waals surface area (Å²) >= 11 is 1.74. The molecule has 98 valence electrons. The van der Waals surface area contributed by atoms with Crippen molar-refractivity contribution in [1.82, 2.24) is 4.98 Å². The second-order valence-electron chi connectivity index (χ2n) is 4.71. The number of carbonyl (C=O) groups excluding carboxylic acids is 1. The normalized spacial score (nSPS) is 17.8. The Balaban J connectivity index is 1.77. The number of nitrogens with two attached hydrogens (primary N) is 1. The highest BCUT2D eigenvalue weighted by atomic mass is 32.1. The molecule has 2 heterocycles. The molecular formula is C14H15N3OS. The van der Waals surface area contributed by atoms with Gasteiger partial charge in [-0.1, -0.05) is 0 Å². The number of nitrogens with one attached hydrogen (secondary N) is 1. The SMILES string of the molecule is Nc1ccc(NC(=O)C2CCCc3sccc32)nc1. The van der Waals surface area contributed by atoms with E-state index < -0.39 is 0 Å². The molecule has 0 radical (unpaired) electrons. The molecule has 3 N–H and O–H groups in total. The Labute approximate surface area is 115 Å². The third-order valence-corrected chi connectivity index (χ3v) is 4.40. The number of anilines is 2. The van der Waals surface area contributed by atoms with Gasteiger partial charge in [0.1, 0.15) is 5.82 Å². The zero-order chi connectivity index (χ0) is 13.2. The first-order valence-electron chi connectivity index (χ1n) is 6.32. The van der Waals surface area contributed by atoms with Crippen LogP contribution in [0.2, 0.25) is 0 Å². The summed E-state index contributed by atoms with van der Waals surface area (Å²) in [5, 5.41) is 4.94. The molecule has 1 aliphatic carbocycles. The van der Waals surface area contributed by atoms with Gasteiger partial charge < -0.3 is 11.1 Å². The van der Waals surface area contributed by atoms with Gasteiger partial charge in [-0.05, 0) is 48.4 Å². The number of hydrogen-bond donors (Lipinski definition) is 2. The van der Waals surface area contributed by atoms with Crippen LogP contribution in [0.25, 0.3) is 0 Å². The third-order valence-electron chi connectivity index (χ3n) is 3.41. The minimum Gasteiger partial charge on any atom is -0.397 e. The Bertz CT molecular complexity index is 591. The summed E-state index contributed by atoms with van der Waals surface area (Å²) in [6, 6.07) is 5.53. The number of aromatic nitrogens is 1. The number of rotatable bonds is 2. The van der Waals surface area contributed by atoms with Crippen LogP contribution < -0.4 is 11.1 Å². The van der Waals surface area contributed by atoms with Crippen molar-refractivity contribution in [3.8, 4) is 0 Å². The number of carbonyl (C=O) groups is 1. The zero-order valence-corrected chi connectivity index (χ0v) is 11.2. The predicted molar refractivity (Wildman–Crippen MR) is 77.3 cm³/mol. The van der Waals surface area contributed by atoms with Crippen molar-refractivity contribution in [3.05, 3.63) is 40.2 Å². The average Bonchev–Trinajstić information content (AvgIpc) is 2.89. The van der Waals surface area contributed by atoms with Crippen LogP contribution in [0, 0.1) is 0 Å². The zero-order valence-electron chi connectivity index (χ0n) is 10.4. The van der Waals surface area contributed by atoms with Gasteiger partial charge in [0.2, 0.25) is 5.91 Å². The van der Waals surface area contributed by atoms with Crippen LogP contribution in [-0.4, -0.2) is 10.9 Å². The van der Waals surface area contributed by atoms with Gasteiger partial charge in [-0.2, -0.15) is 0 Å². The molecule has 2 aromatic rings. The summed E-state index contributed by atoms with van der Waals surface area (Å²) in [5.41, 5.74) is 7.35. The minimum atomic E-state index is -0.0469. The summed E-state index contributed by atoms with van der Waals surface area (Å²) in [7, 11) is 0. The molecule has 2 aromatic heterocycles. The van der Waals surface area contributed by atoms with Gasteiger partial charge in [-0.25, -0.2) is 4.98 Å². The molecule has 4 nitrogen and oxygen atoms in total. The number of thiophene rings is 1. The van der Waals surface area contributed by atoms with Gasteiger partial charge in [-0.3, -0.25) is 4.79 Å². The van der Waals surface area contributed by atoms with E-state index in [4.69, 9.17) is 5.73 Å². The first-order valence-corrected chi connectivity index (χ1v) is 7.20. The molecule has 0 aliphatic heterocycles. The van der Waals surface area contributed by atoms with Crippen molar-refractivity contribution >= 4 is 28.7 Å². The molecule has 0 spiro atoms. The molecule has 5 heteroatoms. The Morgan fingerprint density at radius 3 is 3.11 bits per heavy atom. The maximum atomic E-state index is 12.3. The first-order chi connectivity index (χ1) is 9.24. The molecule has 0 saturated heterocycles. The molecule has 1 atom stereocenters. The molecule has 0 aromatic carbocycles. The van der Waals surface area contributed by atoms with E-state index in [0.717, 1.165) is 19.3 Å². The molecular weight excluding hydrogens is 258 g/mol. The van der Waals surface area contributed by atoms with Crippen LogP contribution in [0.3, 0.4) is 0 Å². The van der Waals surface area contributed by atoms with Gasteiger partial charge in [-0.15, -0.1) is 11.3 Å².